The Hall–Kier alpha value is -3.46. The molecule has 202 valence electrons. The monoisotopic (exact) mass is 544 g/mol. The summed E-state index contributed by atoms with van der Waals surface area (Å²) < 4.78 is 5.36. The van der Waals surface area contributed by atoms with Crippen molar-refractivity contribution in [1.29, 1.82) is 0 Å². The van der Waals surface area contributed by atoms with Gasteiger partial charge in [0.1, 0.15) is 17.4 Å². The number of hydrogen-bond acceptors (Lipinski definition) is 7. The van der Waals surface area contributed by atoms with Crippen LogP contribution in [0.2, 0.25) is 5.02 Å². The van der Waals surface area contributed by atoms with Gasteiger partial charge in [-0.05, 0) is 49.0 Å². The molecule has 0 saturated carbocycles. The molecule has 0 spiro atoms. The maximum atomic E-state index is 13.2. The van der Waals surface area contributed by atoms with Crippen LogP contribution in [0.5, 0.6) is 5.75 Å². The van der Waals surface area contributed by atoms with Crippen LogP contribution in [0.1, 0.15) is 42.0 Å². The molecular formula is C30H33ClN6O2. The van der Waals surface area contributed by atoms with E-state index in [1.165, 1.54) is 0 Å². The number of likely N-dealkylation sites (N-methyl/N-ethyl adjacent to an activating group) is 1. The third-order valence-electron chi connectivity index (χ3n) is 7.94. The lowest BCUT2D eigenvalue weighted by molar-refractivity contribution is -0.126. The van der Waals surface area contributed by atoms with Gasteiger partial charge in [0.15, 0.2) is 0 Å². The zero-order valence-corrected chi connectivity index (χ0v) is 23.1. The summed E-state index contributed by atoms with van der Waals surface area (Å²) >= 11 is 6.64. The van der Waals surface area contributed by atoms with Crippen molar-refractivity contribution in [3.05, 3.63) is 82.9 Å². The van der Waals surface area contributed by atoms with Crippen molar-refractivity contribution in [3.63, 3.8) is 0 Å². The zero-order valence-electron chi connectivity index (χ0n) is 22.3. The summed E-state index contributed by atoms with van der Waals surface area (Å²) in [5.74, 6) is 1.78. The van der Waals surface area contributed by atoms with Crippen molar-refractivity contribution in [3.8, 4) is 5.75 Å². The summed E-state index contributed by atoms with van der Waals surface area (Å²) in [7, 11) is 3.83. The number of halogens is 1. The number of aromatic amines is 1. The number of piperidine rings is 1. The molecule has 2 aliphatic rings. The molecule has 4 heterocycles. The first-order chi connectivity index (χ1) is 19.0. The first-order valence-electron chi connectivity index (χ1n) is 13.4. The van der Waals surface area contributed by atoms with Crippen LogP contribution >= 0.6 is 11.6 Å². The van der Waals surface area contributed by atoms with E-state index in [2.05, 4.69) is 56.0 Å². The number of H-pyrrole nitrogens is 1. The number of carbonyl (C=O) groups is 1. The molecule has 4 aromatic rings. The van der Waals surface area contributed by atoms with Gasteiger partial charge in [0, 0.05) is 51.8 Å². The molecule has 2 atom stereocenters. The summed E-state index contributed by atoms with van der Waals surface area (Å²) in [5.41, 5.74) is 4.93. The molecule has 0 aliphatic carbocycles. The lowest BCUT2D eigenvalue weighted by Crippen LogP contribution is -2.44. The van der Waals surface area contributed by atoms with Crippen LogP contribution in [0.4, 0.5) is 5.69 Å². The van der Waals surface area contributed by atoms with Crippen molar-refractivity contribution in [2.45, 2.75) is 31.5 Å². The van der Waals surface area contributed by atoms with Crippen LogP contribution in [-0.4, -0.2) is 70.9 Å². The van der Waals surface area contributed by atoms with E-state index in [9.17, 15) is 4.79 Å². The number of methoxy groups -OCH3 is 1. The van der Waals surface area contributed by atoms with Crippen LogP contribution in [0, 0.1) is 0 Å². The predicted molar refractivity (Wildman–Crippen MR) is 153 cm³/mol. The largest absolute Gasteiger partial charge is 0.497 e. The van der Waals surface area contributed by atoms with Crippen molar-refractivity contribution in [2.75, 3.05) is 45.2 Å². The summed E-state index contributed by atoms with van der Waals surface area (Å²) in [4.78, 5) is 33.6. The number of fused-ring (bicyclic) bond motifs is 1. The highest BCUT2D eigenvalue weighted by molar-refractivity contribution is 6.31. The molecule has 8 nitrogen and oxygen atoms in total. The summed E-state index contributed by atoms with van der Waals surface area (Å²) in [5, 5.41) is 0.567. The number of carbonyl (C=O) groups excluding carboxylic acids is 1. The molecule has 0 radical (unpaired) electrons. The van der Waals surface area contributed by atoms with Gasteiger partial charge >= 0.3 is 0 Å². The number of rotatable bonds is 6. The molecule has 2 aromatic carbocycles. The minimum absolute atomic E-state index is 0.178. The molecule has 0 amide bonds. The maximum Gasteiger partial charge on any atom is 0.136 e. The van der Waals surface area contributed by atoms with E-state index in [4.69, 9.17) is 21.3 Å². The standard InChI is InChI=1S/C30H33ClN6O2/c1-35-13-15-36(16-14-35)25-7-3-6-24-29(25)34-30(33-24)27-18-21(38)17-26(28-23(31)5-4-12-32-28)37(27)19-20-8-10-22(39-2)11-9-20/h3-12,26-27H,13-19H2,1-2H3,(H,33,34). The lowest BCUT2D eigenvalue weighted by Gasteiger charge is -2.40. The summed E-state index contributed by atoms with van der Waals surface area (Å²) in [6.07, 6.45) is 2.47. The second-order valence-electron chi connectivity index (χ2n) is 10.5. The third-order valence-corrected chi connectivity index (χ3v) is 8.26. The Morgan fingerprint density at radius 3 is 2.51 bits per heavy atom. The minimum atomic E-state index is -0.266. The first kappa shape index (κ1) is 25.8. The Kier molecular flexibility index (Phi) is 7.25. The number of ketones is 1. The van der Waals surface area contributed by atoms with Gasteiger partial charge in [-0.15, -0.1) is 0 Å². The number of piperazine rings is 1. The number of imidazole rings is 1. The quantitative estimate of drug-likeness (QED) is 0.365. The summed E-state index contributed by atoms with van der Waals surface area (Å²) in [6.45, 7) is 4.60. The fraction of sp³-hybridized carbons (Fsp3) is 0.367. The normalized spacial score (nSPS) is 21.0. The second kappa shape index (κ2) is 11.0. The van der Waals surface area contributed by atoms with Gasteiger partial charge in [0.2, 0.25) is 0 Å². The van der Waals surface area contributed by atoms with Crippen molar-refractivity contribution in [1.82, 2.24) is 24.8 Å². The number of benzene rings is 2. The summed E-state index contributed by atoms with van der Waals surface area (Å²) in [6, 6.07) is 17.5. The fourth-order valence-corrected chi connectivity index (χ4v) is 6.03. The van der Waals surface area contributed by atoms with E-state index in [0.717, 1.165) is 65.7 Å². The number of pyridine rings is 1. The SMILES string of the molecule is COc1ccc(CN2C(c3nc4cccc(N5CCN(C)CC5)c4[nH]3)CC(=O)CC2c2ncccc2Cl)cc1. The predicted octanol–water partition coefficient (Wildman–Crippen LogP) is 5.02. The van der Waals surface area contributed by atoms with E-state index in [0.29, 0.717) is 24.4 Å². The Labute approximate surface area is 233 Å². The maximum absolute atomic E-state index is 13.2. The number of likely N-dealkylation sites (tertiary alicyclic amines) is 1. The van der Waals surface area contributed by atoms with Gasteiger partial charge < -0.3 is 19.5 Å². The molecule has 9 heteroatoms. The highest BCUT2D eigenvalue weighted by Crippen LogP contribution is 2.42. The third kappa shape index (κ3) is 5.24. The Bertz CT molecular complexity index is 1460. The number of ether oxygens (including phenoxy) is 1. The molecule has 2 fully saturated rings. The van der Waals surface area contributed by atoms with Crippen LogP contribution in [-0.2, 0) is 11.3 Å². The van der Waals surface area contributed by atoms with Gasteiger partial charge in [-0.25, -0.2) is 4.98 Å². The average molecular weight is 545 g/mol. The van der Waals surface area contributed by atoms with Gasteiger partial charge in [0.05, 0.1) is 46.6 Å². The Morgan fingerprint density at radius 1 is 1.00 bits per heavy atom. The number of para-hydroxylation sites is 1. The highest BCUT2D eigenvalue weighted by Gasteiger charge is 2.39. The average Bonchev–Trinajstić information content (AvgIpc) is 3.39. The lowest BCUT2D eigenvalue weighted by atomic mass is 9.91. The van der Waals surface area contributed by atoms with Crippen LogP contribution < -0.4 is 9.64 Å². The van der Waals surface area contributed by atoms with Crippen LogP contribution in [0.15, 0.2) is 60.8 Å². The van der Waals surface area contributed by atoms with Gasteiger partial charge in [-0.2, -0.15) is 0 Å². The van der Waals surface area contributed by atoms with E-state index in [1.807, 2.05) is 30.3 Å². The topological polar surface area (TPSA) is 77.6 Å². The molecular weight excluding hydrogens is 512 g/mol. The molecule has 2 aromatic heterocycles. The molecule has 2 saturated heterocycles. The molecule has 1 N–H and O–H groups in total. The molecule has 6 rings (SSSR count). The highest BCUT2D eigenvalue weighted by atomic mass is 35.5. The van der Waals surface area contributed by atoms with Crippen molar-refractivity contribution in [2.24, 2.45) is 0 Å². The number of nitrogens with zero attached hydrogens (tertiary/aromatic N) is 5. The number of hydrogen-bond donors (Lipinski definition) is 1. The second-order valence-corrected chi connectivity index (χ2v) is 10.9. The molecule has 0 bridgehead atoms. The van der Waals surface area contributed by atoms with Gasteiger partial charge in [-0.1, -0.05) is 29.8 Å². The zero-order chi connectivity index (χ0) is 26.9. The van der Waals surface area contributed by atoms with E-state index < -0.39 is 0 Å². The minimum Gasteiger partial charge on any atom is -0.497 e. The van der Waals surface area contributed by atoms with Gasteiger partial charge in [-0.3, -0.25) is 14.7 Å². The van der Waals surface area contributed by atoms with Crippen molar-refractivity contribution < 1.29 is 9.53 Å². The van der Waals surface area contributed by atoms with Gasteiger partial charge in [0.25, 0.3) is 0 Å². The van der Waals surface area contributed by atoms with Crippen molar-refractivity contribution >= 4 is 34.1 Å². The van der Waals surface area contributed by atoms with E-state index in [-0.39, 0.29) is 17.9 Å². The number of aromatic nitrogens is 3. The van der Waals surface area contributed by atoms with Crippen LogP contribution in [0.25, 0.3) is 11.0 Å². The van der Waals surface area contributed by atoms with Crippen LogP contribution in [0.3, 0.4) is 0 Å². The molecule has 2 unspecified atom stereocenters. The number of anilines is 1. The van der Waals surface area contributed by atoms with E-state index >= 15 is 0 Å². The fourth-order valence-electron chi connectivity index (χ4n) is 5.78. The Morgan fingerprint density at radius 2 is 1.77 bits per heavy atom. The number of Topliss-reactive ketones (excluding diaryl/α,β-unsaturated/α-hetero) is 1. The number of nitrogens with one attached hydrogen (secondary N) is 1. The van der Waals surface area contributed by atoms with E-state index in [1.54, 1.807) is 13.3 Å². The molecule has 39 heavy (non-hydrogen) atoms. The Balaban J connectivity index is 1.40. The first-order valence-corrected chi connectivity index (χ1v) is 13.8. The molecule has 2 aliphatic heterocycles. The smallest absolute Gasteiger partial charge is 0.136 e.